The van der Waals surface area contributed by atoms with Crippen LogP contribution in [0.2, 0.25) is 10.0 Å². The first-order valence-electron chi connectivity index (χ1n) is 14.5. The Bertz CT molecular complexity index is 1470. The number of rotatable bonds is 10. The van der Waals surface area contributed by atoms with Crippen molar-refractivity contribution in [2.45, 2.75) is 83.2 Å². The van der Waals surface area contributed by atoms with Crippen LogP contribution in [-0.2, 0) is 20.8 Å². The SMILES string of the molecule is CC(C)(C)C[C@@H]1N[C@@H](C(=O)Nc2ccn(CC(C)(C)OC[C@H]3CO3)n2)[C@H](c2cccc(Cl)c2F)[C@@H]1c1ccc(Cl)cc1F. The van der Waals surface area contributed by atoms with Gasteiger partial charge in [-0.2, -0.15) is 5.10 Å². The number of carbonyl (C=O) groups excluding carboxylic acids is 1. The number of hydrogen-bond donors (Lipinski definition) is 2. The highest BCUT2D eigenvalue weighted by atomic mass is 35.5. The Morgan fingerprint density at radius 2 is 1.86 bits per heavy atom. The van der Waals surface area contributed by atoms with Crippen molar-refractivity contribution in [2.24, 2.45) is 5.41 Å². The Balaban J connectivity index is 1.46. The zero-order valence-electron chi connectivity index (χ0n) is 25.0. The van der Waals surface area contributed by atoms with Gasteiger partial charge in [-0.1, -0.05) is 62.2 Å². The van der Waals surface area contributed by atoms with Gasteiger partial charge < -0.3 is 20.1 Å². The van der Waals surface area contributed by atoms with Gasteiger partial charge in [0.25, 0.3) is 0 Å². The fourth-order valence-corrected chi connectivity index (χ4v) is 6.29. The van der Waals surface area contributed by atoms with Gasteiger partial charge in [0, 0.05) is 35.2 Å². The average molecular weight is 636 g/mol. The summed E-state index contributed by atoms with van der Waals surface area (Å²) in [6, 6.07) is 9.62. The molecule has 2 N–H and O–H groups in total. The third-order valence-corrected chi connectivity index (χ3v) is 8.37. The number of aromatic nitrogens is 2. The molecule has 2 aliphatic heterocycles. The van der Waals surface area contributed by atoms with Crippen LogP contribution in [0.25, 0.3) is 0 Å². The van der Waals surface area contributed by atoms with E-state index in [1.165, 1.54) is 12.1 Å². The largest absolute Gasteiger partial charge is 0.371 e. The number of anilines is 1. The number of ether oxygens (including phenoxy) is 2. The van der Waals surface area contributed by atoms with E-state index in [-0.39, 0.29) is 33.2 Å². The molecule has 3 aromatic rings. The maximum Gasteiger partial charge on any atom is 0.243 e. The van der Waals surface area contributed by atoms with Gasteiger partial charge in [-0.25, -0.2) is 8.78 Å². The average Bonchev–Trinajstić information content (AvgIpc) is 3.54. The first-order chi connectivity index (χ1) is 20.2. The summed E-state index contributed by atoms with van der Waals surface area (Å²) in [6.07, 6.45) is 2.51. The van der Waals surface area contributed by atoms with Gasteiger partial charge >= 0.3 is 0 Å². The molecule has 1 aromatic heterocycles. The van der Waals surface area contributed by atoms with Crippen LogP contribution in [0.1, 0.15) is 64.0 Å². The number of carbonyl (C=O) groups is 1. The van der Waals surface area contributed by atoms with Crippen molar-refractivity contribution >= 4 is 34.9 Å². The monoisotopic (exact) mass is 634 g/mol. The van der Waals surface area contributed by atoms with Gasteiger partial charge in [0.1, 0.15) is 17.7 Å². The van der Waals surface area contributed by atoms with Gasteiger partial charge in [-0.05, 0) is 55.0 Å². The van der Waals surface area contributed by atoms with Crippen molar-refractivity contribution in [3.63, 3.8) is 0 Å². The van der Waals surface area contributed by atoms with Crippen LogP contribution < -0.4 is 10.6 Å². The Morgan fingerprint density at radius 3 is 2.53 bits per heavy atom. The lowest BCUT2D eigenvalue weighted by Crippen LogP contribution is -2.42. The van der Waals surface area contributed by atoms with E-state index in [9.17, 15) is 4.79 Å². The lowest BCUT2D eigenvalue weighted by atomic mass is 9.74. The quantitative estimate of drug-likeness (QED) is 0.236. The molecule has 1 amide bonds. The summed E-state index contributed by atoms with van der Waals surface area (Å²) in [7, 11) is 0. The molecule has 2 aliphatic rings. The number of benzene rings is 2. The van der Waals surface area contributed by atoms with Crippen molar-refractivity contribution in [2.75, 3.05) is 18.5 Å². The molecule has 2 saturated heterocycles. The molecule has 0 unspecified atom stereocenters. The number of halogens is 4. The standard InChI is InChI=1S/C32H38Cl2F2N4O3/c1-31(2,3)14-24-26(20-10-9-18(33)13-23(20)35)27(21-7-6-8-22(34)28(21)36)29(37-24)30(41)38-25-11-12-40(39-25)17-32(4,5)43-16-19-15-42-19/h6-13,19,24,26-27,29,37H,14-17H2,1-5H3,(H,38,39,41)/t19-,24+,26-,27-,29-/m1/s1. The van der Waals surface area contributed by atoms with E-state index < -0.39 is 41.0 Å². The van der Waals surface area contributed by atoms with E-state index >= 15 is 8.78 Å². The van der Waals surface area contributed by atoms with Crippen molar-refractivity contribution < 1.29 is 23.0 Å². The van der Waals surface area contributed by atoms with Crippen LogP contribution in [0.15, 0.2) is 48.7 Å². The van der Waals surface area contributed by atoms with Crippen LogP contribution in [0.4, 0.5) is 14.6 Å². The van der Waals surface area contributed by atoms with Gasteiger partial charge in [-0.15, -0.1) is 0 Å². The predicted octanol–water partition coefficient (Wildman–Crippen LogP) is 6.94. The molecule has 5 atom stereocenters. The summed E-state index contributed by atoms with van der Waals surface area (Å²) in [4.78, 5) is 14.0. The fourth-order valence-electron chi connectivity index (χ4n) is 5.95. The van der Waals surface area contributed by atoms with Gasteiger partial charge in [0.05, 0.1) is 36.4 Å². The molecule has 2 aromatic carbocycles. The van der Waals surface area contributed by atoms with Crippen molar-refractivity contribution in [3.05, 3.63) is 81.5 Å². The Kier molecular flexibility index (Phi) is 9.22. The van der Waals surface area contributed by atoms with Gasteiger partial charge in [-0.3, -0.25) is 9.48 Å². The molecule has 0 saturated carbocycles. The van der Waals surface area contributed by atoms with E-state index in [1.807, 2.05) is 13.8 Å². The van der Waals surface area contributed by atoms with Crippen LogP contribution in [0.5, 0.6) is 0 Å². The zero-order chi connectivity index (χ0) is 31.1. The number of nitrogens with zero attached hydrogens (tertiary/aromatic N) is 2. The zero-order valence-corrected chi connectivity index (χ0v) is 26.5. The van der Waals surface area contributed by atoms with E-state index in [0.29, 0.717) is 37.6 Å². The van der Waals surface area contributed by atoms with Crippen molar-refractivity contribution in [1.82, 2.24) is 15.1 Å². The molecule has 7 nitrogen and oxygen atoms in total. The molecule has 0 aliphatic carbocycles. The third-order valence-electron chi connectivity index (χ3n) is 7.85. The van der Waals surface area contributed by atoms with E-state index in [2.05, 4.69) is 36.5 Å². The second-order valence-electron chi connectivity index (χ2n) is 13.3. The molecular formula is C32H38Cl2F2N4O3. The van der Waals surface area contributed by atoms with Crippen LogP contribution in [-0.4, -0.2) is 52.7 Å². The smallest absolute Gasteiger partial charge is 0.243 e. The topological polar surface area (TPSA) is 80.7 Å². The maximum absolute atomic E-state index is 15.7. The summed E-state index contributed by atoms with van der Waals surface area (Å²) in [5, 5.41) is 11.1. The van der Waals surface area contributed by atoms with Crippen LogP contribution >= 0.6 is 23.2 Å². The third kappa shape index (κ3) is 7.75. The van der Waals surface area contributed by atoms with Gasteiger partial charge in [0.2, 0.25) is 5.91 Å². The predicted molar refractivity (Wildman–Crippen MR) is 164 cm³/mol. The van der Waals surface area contributed by atoms with Crippen LogP contribution in [0, 0.1) is 17.0 Å². The fraction of sp³-hybridized carbons (Fsp3) is 0.500. The number of nitrogens with one attached hydrogen (secondary N) is 2. The normalized spacial score (nSPS) is 23.9. The Labute approximate surface area is 261 Å². The summed E-state index contributed by atoms with van der Waals surface area (Å²) in [5.74, 6) is -2.58. The van der Waals surface area contributed by atoms with Gasteiger partial charge in [0.15, 0.2) is 5.82 Å². The second kappa shape index (κ2) is 12.4. The highest BCUT2D eigenvalue weighted by molar-refractivity contribution is 6.31. The van der Waals surface area contributed by atoms with Crippen LogP contribution in [0.3, 0.4) is 0 Å². The Hall–Kier alpha value is -2.56. The van der Waals surface area contributed by atoms with E-state index in [0.717, 1.165) is 0 Å². The molecule has 0 radical (unpaired) electrons. The molecule has 232 valence electrons. The first kappa shape index (κ1) is 31.9. The highest BCUT2D eigenvalue weighted by Gasteiger charge is 2.50. The molecule has 43 heavy (non-hydrogen) atoms. The van der Waals surface area contributed by atoms with Crippen molar-refractivity contribution in [3.8, 4) is 0 Å². The second-order valence-corrected chi connectivity index (χ2v) is 14.1. The lowest BCUT2D eigenvalue weighted by molar-refractivity contribution is -0.118. The minimum Gasteiger partial charge on any atom is -0.371 e. The number of amides is 1. The molecule has 5 rings (SSSR count). The first-order valence-corrected chi connectivity index (χ1v) is 15.2. The maximum atomic E-state index is 15.7. The molecule has 0 spiro atoms. The number of hydrogen-bond acceptors (Lipinski definition) is 5. The summed E-state index contributed by atoms with van der Waals surface area (Å²) >= 11 is 12.3. The molecule has 2 fully saturated rings. The molecule has 0 bridgehead atoms. The minimum atomic E-state index is -0.913. The molecular weight excluding hydrogens is 597 g/mol. The molecule has 3 heterocycles. The van der Waals surface area contributed by atoms with E-state index in [1.54, 1.807) is 41.2 Å². The summed E-state index contributed by atoms with van der Waals surface area (Å²) < 4.78 is 44.1. The minimum absolute atomic E-state index is 0.0666. The highest BCUT2D eigenvalue weighted by Crippen LogP contribution is 2.48. The molecule has 11 heteroatoms. The summed E-state index contributed by atoms with van der Waals surface area (Å²) in [5.41, 5.74) is -0.0906. The number of epoxide rings is 1. The summed E-state index contributed by atoms with van der Waals surface area (Å²) in [6.45, 7) is 11.8. The Morgan fingerprint density at radius 1 is 1.12 bits per heavy atom. The lowest BCUT2D eigenvalue weighted by Gasteiger charge is -2.30. The van der Waals surface area contributed by atoms with Crippen molar-refractivity contribution in [1.29, 1.82) is 0 Å². The van der Waals surface area contributed by atoms with E-state index in [4.69, 9.17) is 32.7 Å².